The van der Waals surface area contributed by atoms with E-state index in [0.29, 0.717) is 12.1 Å². The van der Waals surface area contributed by atoms with Gasteiger partial charge < -0.3 is 5.73 Å². The zero-order valence-electron chi connectivity index (χ0n) is 12.6. The van der Waals surface area contributed by atoms with Gasteiger partial charge in [0.05, 0.1) is 11.0 Å². The van der Waals surface area contributed by atoms with Gasteiger partial charge >= 0.3 is 5.69 Å². The van der Waals surface area contributed by atoms with E-state index in [0.717, 1.165) is 25.7 Å². The van der Waals surface area contributed by atoms with Crippen LogP contribution in [0.15, 0.2) is 0 Å². The van der Waals surface area contributed by atoms with Gasteiger partial charge in [-0.15, -0.1) is 0 Å². The topological polar surface area (TPSA) is 87.0 Å². The normalized spacial score (nSPS) is 17.4. The molecular formula is C14H24N4O2. The summed E-state index contributed by atoms with van der Waals surface area (Å²) in [7, 11) is 0. The first-order chi connectivity index (χ1) is 9.29. The Morgan fingerprint density at radius 3 is 2.45 bits per heavy atom. The molecule has 1 saturated carbocycles. The van der Waals surface area contributed by atoms with Crippen molar-refractivity contribution in [2.45, 2.75) is 65.3 Å². The van der Waals surface area contributed by atoms with Crippen LogP contribution in [-0.4, -0.2) is 14.7 Å². The van der Waals surface area contributed by atoms with Gasteiger partial charge in [0, 0.05) is 6.42 Å². The second-order valence-electron chi connectivity index (χ2n) is 6.91. The molecule has 6 nitrogen and oxygen atoms in total. The van der Waals surface area contributed by atoms with Crippen molar-refractivity contribution in [2.75, 3.05) is 5.73 Å². The highest BCUT2D eigenvalue weighted by Crippen LogP contribution is 2.36. The smallest absolute Gasteiger partial charge is 0.333 e. The number of nitrogen functional groups attached to an aromatic ring is 1. The minimum Gasteiger partial charge on any atom is -0.378 e. The van der Waals surface area contributed by atoms with Crippen molar-refractivity contribution >= 4 is 11.5 Å². The second-order valence-corrected chi connectivity index (χ2v) is 6.91. The molecule has 1 aliphatic rings. The molecule has 0 aliphatic heterocycles. The van der Waals surface area contributed by atoms with Gasteiger partial charge in [0.1, 0.15) is 5.69 Å². The van der Waals surface area contributed by atoms with Gasteiger partial charge in [-0.25, -0.2) is 4.68 Å². The molecule has 0 atom stereocenters. The van der Waals surface area contributed by atoms with Crippen LogP contribution < -0.4 is 5.73 Å². The highest BCUT2D eigenvalue weighted by atomic mass is 16.6. The fraction of sp³-hybridized carbons (Fsp3) is 0.786. The maximum atomic E-state index is 11.3. The van der Waals surface area contributed by atoms with Crippen LogP contribution in [0.1, 0.15) is 64.6 Å². The molecule has 1 aliphatic carbocycles. The lowest BCUT2D eigenvalue weighted by atomic mass is 9.90. The summed E-state index contributed by atoms with van der Waals surface area (Å²) in [5.74, 6) is 0.223. The summed E-state index contributed by atoms with van der Waals surface area (Å²) in [6.07, 6.45) is 6.11. The molecule has 0 saturated heterocycles. The summed E-state index contributed by atoms with van der Waals surface area (Å²) in [6.45, 7) is 6.14. The van der Waals surface area contributed by atoms with Crippen LogP contribution in [0.2, 0.25) is 0 Å². The van der Waals surface area contributed by atoms with E-state index in [9.17, 15) is 10.1 Å². The van der Waals surface area contributed by atoms with Crippen molar-refractivity contribution in [3.63, 3.8) is 0 Å². The molecule has 1 aromatic heterocycles. The molecule has 0 bridgehead atoms. The lowest BCUT2D eigenvalue weighted by Gasteiger charge is -2.22. The summed E-state index contributed by atoms with van der Waals surface area (Å²) >= 11 is 0. The molecule has 1 heterocycles. The van der Waals surface area contributed by atoms with Gasteiger partial charge in [0.15, 0.2) is 0 Å². The van der Waals surface area contributed by atoms with E-state index >= 15 is 0 Å². The zero-order valence-corrected chi connectivity index (χ0v) is 12.6. The van der Waals surface area contributed by atoms with Crippen molar-refractivity contribution in [1.82, 2.24) is 9.78 Å². The summed E-state index contributed by atoms with van der Waals surface area (Å²) in [6, 6.07) is 0.219. The first-order valence-corrected chi connectivity index (χ1v) is 7.31. The van der Waals surface area contributed by atoms with Gasteiger partial charge in [-0.2, -0.15) is 5.10 Å². The van der Waals surface area contributed by atoms with Gasteiger partial charge in [-0.05, 0) is 18.3 Å². The van der Waals surface area contributed by atoms with E-state index in [2.05, 4.69) is 5.10 Å². The molecule has 2 N–H and O–H groups in total. The number of hydrogen-bond donors (Lipinski definition) is 1. The Labute approximate surface area is 119 Å². The quantitative estimate of drug-likeness (QED) is 0.678. The molecule has 112 valence electrons. The first kappa shape index (κ1) is 14.8. The lowest BCUT2D eigenvalue weighted by Crippen LogP contribution is -2.17. The Morgan fingerprint density at radius 2 is 1.95 bits per heavy atom. The largest absolute Gasteiger partial charge is 0.378 e. The summed E-state index contributed by atoms with van der Waals surface area (Å²) in [5, 5.41) is 15.8. The number of nitro groups is 1. The Kier molecular flexibility index (Phi) is 4.01. The fourth-order valence-electron chi connectivity index (χ4n) is 2.91. The number of hydrogen-bond acceptors (Lipinski definition) is 4. The minimum absolute atomic E-state index is 0.00509. The molecule has 1 fully saturated rings. The number of nitrogens with zero attached hydrogens (tertiary/aromatic N) is 3. The maximum absolute atomic E-state index is 11.3. The van der Waals surface area contributed by atoms with Crippen LogP contribution in [0.25, 0.3) is 0 Å². The summed E-state index contributed by atoms with van der Waals surface area (Å²) < 4.78 is 1.71. The third-order valence-corrected chi connectivity index (χ3v) is 3.79. The van der Waals surface area contributed by atoms with Crippen molar-refractivity contribution in [2.24, 2.45) is 5.41 Å². The third-order valence-electron chi connectivity index (χ3n) is 3.79. The van der Waals surface area contributed by atoms with E-state index in [1.807, 2.05) is 20.8 Å². The number of nitrogens with two attached hydrogens (primary N) is 1. The van der Waals surface area contributed by atoms with Crippen molar-refractivity contribution in [1.29, 1.82) is 0 Å². The molecule has 6 heteroatoms. The second kappa shape index (κ2) is 5.42. The molecule has 2 rings (SSSR count). The van der Waals surface area contributed by atoms with E-state index in [1.165, 1.54) is 6.42 Å². The molecule has 1 aromatic rings. The van der Waals surface area contributed by atoms with Crippen LogP contribution >= 0.6 is 0 Å². The average Bonchev–Trinajstić information content (AvgIpc) is 2.65. The molecule has 0 spiro atoms. The van der Waals surface area contributed by atoms with Gasteiger partial charge in [-0.1, -0.05) is 40.0 Å². The van der Waals surface area contributed by atoms with Gasteiger partial charge in [-0.3, -0.25) is 10.1 Å². The number of aromatic nitrogens is 2. The van der Waals surface area contributed by atoms with E-state index in [1.54, 1.807) is 4.68 Å². The van der Waals surface area contributed by atoms with Crippen molar-refractivity contribution < 1.29 is 4.92 Å². The predicted octanol–water partition coefficient (Wildman–Crippen LogP) is 3.47. The molecular weight excluding hydrogens is 256 g/mol. The third kappa shape index (κ3) is 3.11. The molecule has 0 amide bonds. The van der Waals surface area contributed by atoms with E-state index in [4.69, 9.17) is 5.73 Å². The Bertz CT molecular complexity index is 496. The standard InChI is InChI=1S/C14H24N4O2/c1-14(2,3)9-11-12(18(19)20)13(15)17(16-11)10-7-5-4-6-8-10/h10H,4-9,15H2,1-3H3. The van der Waals surface area contributed by atoms with Crippen LogP contribution in [0.4, 0.5) is 11.5 Å². The van der Waals surface area contributed by atoms with E-state index in [-0.39, 0.29) is 27.9 Å². The summed E-state index contributed by atoms with van der Waals surface area (Å²) in [5.41, 5.74) is 6.49. The molecule has 0 unspecified atom stereocenters. The highest BCUT2D eigenvalue weighted by molar-refractivity contribution is 5.57. The number of rotatable bonds is 3. The molecule has 0 aromatic carbocycles. The minimum atomic E-state index is -0.386. The molecule has 20 heavy (non-hydrogen) atoms. The maximum Gasteiger partial charge on any atom is 0.333 e. The first-order valence-electron chi connectivity index (χ1n) is 7.31. The van der Waals surface area contributed by atoms with Crippen LogP contribution in [0, 0.1) is 15.5 Å². The fourth-order valence-corrected chi connectivity index (χ4v) is 2.91. The van der Waals surface area contributed by atoms with Crippen molar-refractivity contribution in [3.8, 4) is 0 Å². The Balaban J connectivity index is 2.38. The number of anilines is 1. The monoisotopic (exact) mass is 280 g/mol. The highest BCUT2D eigenvalue weighted by Gasteiger charge is 2.31. The van der Waals surface area contributed by atoms with Gasteiger partial charge in [0.2, 0.25) is 5.82 Å². The van der Waals surface area contributed by atoms with Crippen LogP contribution in [0.5, 0.6) is 0 Å². The Hall–Kier alpha value is -1.59. The van der Waals surface area contributed by atoms with E-state index < -0.39 is 0 Å². The Morgan fingerprint density at radius 1 is 1.35 bits per heavy atom. The van der Waals surface area contributed by atoms with Crippen LogP contribution in [0.3, 0.4) is 0 Å². The molecule has 0 radical (unpaired) electrons. The van der Waals surface area contributed by atoms with Gasteiger partial charge in [0.25, 0.3) is 0 Å². The van der Waals surface area contributed by atoms with Crippen molar-refractivity contribution in [3.05, 3.63) is 15.8 Å². The zero-order chi connectivity index (χ0) is 14.9. The summed E-state index contributed by atoms with van der Waals surface area (Å²) in [4.78, 5) is 10.9. The van der Waals surface area contributed by atoms with Crippen LogP contribution in [-0.2, 0) is 6.42 Å². The SMILES string of the molecule is CC(C)(C)Cc1nn(C2CCCCC2)c(N)c1[N+](=O)[O-]. The average molecular weight is 280 g/mol. The predicted molar refractivity (Wildman–Crippen MR) is 78.6 cm³/mol. The lowest BCUT2D eigenvalue weighted by molar-refractivity contribution is -0.384.